The molecule has 0 atom stereocenters. The molecule has 5 rings (SSSR count). The molecule has 5 heterocycles. The van der Waals surface area contributed by atoms with Gasteiger partial charge in [0.2, 0.25) is 0 Å². The predicted octanol–water partition coefficient (Wildman–Crippen LogP) is 7.33. The summed E-state index contributed by atoms with van der Waals surface area (Å²) >= 11 is 0. The Bertz CT molecular complexity index is 1670. The van der Waals surface area contributed by atoms with E-state index in [-0.39, 0.29) is 0 Å². The molecule has 0 aliphatic rings. The Labute approximate surface area is 222 Å². The lowest BCUT2D eigenvalue weighted by atomic mass is 10.1. The number of allylic oxidation sites excluding steroid dienone is 5. The molecule has 5 aromatic heterocycles. The molecule has 3 N–H and O–H groups in total. The third-order valence-corrected chi connectivity index (χ3v) is 6.46. The van der Waals surface area contributed by atoms with Crippen molar-refractivity contribution in [2.45, 2.75) is 33.1 Å². The minimum atomic E-state index is 0.742. The summed E-state index contributed by atoms with van der Waals surface area (Å²) < 4.78 is 0. The van der Waals surface area contributed by atoms with Crippen LogP contribution in [0.3, 0.4) is 0 Å². The van der Waals surface area contributed by atoms with Gasteiger partial charge in [0.15, 0.2) is 0 Å². The first-order valence-corrected chi connectivity index (χ1v) is 12.8. The van der Waals surface area contributed by atoms with Gasteiger partial charge in [0.05, 0.1) is 16.9 Å². The Morgan fingerprint density at radius 2 is 2.05 bits per heavy atom. The molecule has 0 saturated carbocycles. The zero-order valence-electron chi connectivity index (χ0n) is 21.8. The van der Waals surface area contributed by atoms with Crippen molar-refractivity contribution in [3.05, 3.63) is 103 Å². The number of aromatic amines is 2. The van der Waals surface area contributed by atoms with E-state index < -0.39 is 0 Å². The molecule has 190 valence electrons. The van der Waals surface area contributed by atoms with Gasteiger partial charge in [-0.25, -0.2) is 9.97 Å². The van der Waals surface area contributed by atoms with Gasteiger partial charge >= 0.3 is 0 Å². The van der Waals surface area contributed by atoms with E-state index in [4.69, 9.17) is 4.98 Å². The van der Waals surface area contributed by atoms with Gasteiger partial charge in [0.1, 0.15) is 16.9 Å². The van der Waals surface area contributed by atoms with Gasteiger partial charge in [0, 0.05) is 40.9 Å². The molecule has 0 radical (unpaired) electrons. The second-order valence-corrected chi connectivity index (χ2v) is 9.09. The van der Waals surface area contributed by atoms with Crippen LogP contribution in [0.5, 0.6) is 0 Å². The van der Waals surface area contributed by atoms with Crippen molar-refractivity contribution in [3.63, 3.8) is 0 Å². The molecule has 0 aliphatic carbocycles. The predicted molar refractivity (Wildman–Crippen MR) is 156 cm³/mol. The average molecular weight is 502 g/mol. The highest BCUT2D eigenvalue weighted by Crippen LogP contribution is 2.33. The van der Waals surface area contributed by atoms with E-state index in [2.05, 4.69) is 56.6 Å². The van der Waals surface area contributed by atoms with Gasteiger partial charge in [0.25, 0.3) is 0 Å². The number of rotatable bonds is 10. The third-order valence-electron chi connectivity index (χ3n) is 6.46. The highest BCUT2D eigenvalue weighted by atomic mass is 15.1. The number of H-pyrrole nitrogens is 2. The summed E-state index contributed by atoms with van der Waals surface area (Å²) in [5, 5.41) is 12.1. The van der Waals surface area contributed by atoms with E-state index in [0.717, 1.165) is 86.5 Å². The summed E-state index contributed by atoms with van der Waals surface area (Å²) in [6.07, 6.45) is 14.5. The topological polar surface area (TPSA) is 95.2 Å². The summed E-state index contributed by atoms with van der Waals surface area (Å²) in [4.78, 5) is 17.3. The van der Waals surface area contributed by atoms with Gasteiger partial charge in [-0.2, -0.15) is 5.10 Å². The molecule has 0 amide bonds. The lowest BCUT2D eigenvalue weighted by molar-refractivity contribution is 0.751. The second kappa shape index (κ2) is 11.1. The molecule has 0 bridgehead atoms. The summed E-state index contributed by atoms with van der Waals surface area (Å²) in [5.41, 5.74) is 9.79. The largest absolute Gasteiger partial charge is 0.359 e. The number of fused-ring (bicyclic) bond motifs is 2. The quantitative estimate of drug-likeness (QED) is 0.174. The van der Waals surface area contributed by atoms with Crippen molar-refractivity contribution >= 4 is 27.6 Å². The summed E-state index contributed by atoms with van der Waals surface area (Å²) in [7, 11) is 0. The van der Waals surface area contributed by atoms with Crippen LogP contribution in [0.4, 0.5) is 0 Å². The van der Waals surface area contributed by atoms with Crippen LogP contribution in [0.1, 0.15) is 38.8 Å². The monoisotopic (exact) mass is 501 g/mol. The second-order valence-electron chi connectivity index (χ2n) is 9.09. The van der Waals surface area contributed by atoms with E-state index in [9.17, 15) is 0 Å². The van der Waals surface area contributed by atoms with Crippen molar-refractivity contribution in [2.24, 2.45) is 0 Å². The SMILES string of the molecule is C=C/C(=C\C(=C/C)c1ccc2[nH]nc(-c3cc4c(-c5cccnc5)ccnc4[nH]3)c2n1)NC(=C)CCCC. The standard InChI is InChI=1S/C31H31N7/c1-5-8-10-20(4)34-23(7-3)17-21(6-2)26-12-13-27-29(35-26)30(38-37-27)28-18-25-24(14-16-33-31(25)36-28)22-11-9-15-32-19-22/h6-7,9,11-19,34H,3-5,8,10H2,1-2H3,(H,33,36)(H,37,38)/b21-6+,23-17+. The Balaban J connectivity index is 1.52. The van der Waals surface area contributed by atoms with Crippen LogP contribution in [0.2, 0.25) is 0 Å². The first-order valence-electron chi connectivity index (χ1n) is 12.8. The minimum Gasteiger partial charge on any atom is -0.359 e. The zero-order chi connectivity index (χ0) is 26.5. The number of unbranched alkanes of at least 4 members (excludes halogenated alkanes) is 1. The molecule has 7 nitrogen and oxygen atoms in total. The Kier molecular flexibility index (Phi) is 7.26. The Morgan fingerprint density at radius 3 is 2.82 bits per heavy atom. The number of pyridine rings is 3. The van der Waals surface area contributed by atoms with E-state index >= 15 is 0 Å². The third kappa shape index (κ3) is 5.04. The van der Waals surface area contributed by atoms with E-state index in [1.165, 1.54) is 0 Å². The van der Waals surface area contributed by atoms with Crippen molar-refractivity contribution < 1.29 is 0 Å². The number of nitrogens with one attached hydrogen (secondary N) is 3. The van der Waals surface area contributed by atoms with E-state index in [1.807, 2.05) is 55.6 Å². The fourth-order valence-corrected chi connectivity index (χ4v) is 4.45. The lowest BCUT2D eigenvalue weighted by Crippen LogP contribution is -2.10. The van der Waals surface area contributed by atoms with Crippen LogP contribution in [0.25, 0.3) is 50.2 Å². The highest BCUT2D eigenvalue weighted by molar-refractivity contribution is 5.98. The summed E-state index contributed by atoms with van der Waals surface area (Å²) in [6.45, 7) is 12.3. The minimum absolute atomic E-state index is 0.742. The molecule has 0 unspecified atom stereocenters. The zero-order valence-corrected chi connectivity index (χ0v) is 21.8. The van der Waals surface area contributed by atoms with Crippen LogP contribution in [0, 0.1) is 0 Å². The first kappa shape index (κ1) is 24.9. The van der Waals surface area contributed by atoms with Crippen LogP contribution in [0.15, 0.2) is 97.8 Å². The van der Waals surface area contributed by atoms with Crippen molar-refractivity contribution in [3.8, 4) is 22.5 Å². The van der Waals surface area contributed by atoms with Gasteiger partial charge in [-0.3, -0.25) is 10.1 Å². The summed E-state index contributed by atoms with van der Waals surface area (Å²) in [5.74, 6) is 0. The smallest absolute Gasteiger partial charge is 0.138 e. The normalized spacial score (nSPS) is 12.3. The number of aromatic nitrogens is 6. The Hall–Kier alpha value is -4.78. The van der Waals surface area contributed by atoms with Crippen LogP contribution in [-0.4, -0.2) is 30.1 Å². The number of hydrogen-bond acceptors (Lipinski definition) is 5. The molecule has 0 fully saturated rings. The molecule has 5 aromatic rings. The molecule has 7 heteroatoms. The van der Waals surface area contributed by atoms with Gasteiger partial charge in [-0.1, -0.05) is 38.6 Å². The molecule has 0 spiro atoms. The van der Waals surface area contributed by atoms with Gasteiger partial charge in [-0.05, 0) is 73.4 Å². The number of hydrogen-bond donors (Lipinski definition) is 3. The number of nitrogens with zero attached hydrogens (tertiary/aromatic N) is 4. The molecular weight excluding hydrogens is 470 g/mol. The highest BCUT2D eigenvalue weighted by Gasteiger charge is 2.16. The Morgan fingerprint density at radius 1 is 1.16 bits per heavy atom. The van der Waals surface area contributed by atoms with Crippen molar-refractivity contribution in [1.82, 2.24) is 35.5 Å². The van der Waals surface area contributed by atoms with Crippen LogP contribution < -0.4 is 5.32 Å². The maximum Gasteiger partial charge on any atom is 0.138 e. The maximum absolute atomic E-state index is 5.01. The molecule has 38 heavy (non-hydrogen) atoms. The van der Waals surface area contributed by atoms with E-state index in [0.29, 0.717) is 0 Å². The molecule has 0 aliphatic heterocycles. The average Bonchev–Trinajstić information content (AvgIpc) is 3.58. The fraction of sp³-hybridized carbons (Fsp3) is 0.161. The van der Waals surface area contributed by atoms with Gasteiger partial charge < -0.3 is 10.3 Å². The lowest BCUT2D eigenvalue weighted by Gasteiger charge is -2.11. The van der Waals surface area contributed by atoms with Crippen molar-refractivity contribution in [2.75, 3.05) is 0 Å². The molecule has 0 aromatic carbocycles. The fourth-order valence-electron chi connectivity index (χ4n) is 4.45. The molecule has 0 saturated heterocycles. The first-order chi connectivity index (χ1) is 18.6. The maximum atomic E-state index is 5.01. The van der Waals surface area contributed by atoms with E-state index in [1.54, 1.807) is 18.5 Å². The van der Waals surface area contributed by atoms with Crippen LogP contribution >= 0.6 is 0 Å². The van der Waals surface area contributed by atoms with Crippen molar-refractivity contribution in [1.29, 1.82) is 0 Å². The molecular formula is C31H31N7. The van der Waals surface area contributed by atoms with Gasteiger partial charge in [-0.15, -0.1) is 0 Å². The summed E-state index contributed by atoms with van der Waals surface area (Å²) in [6, 6.07) is 12.1. The van der Waals surface area contributed by atoms with Crippen LogP contribution in [-0.2, 0) is 0 Å².